The highest BCUT2D eigenvalue weighted by Crippen LogP contribution is 2.24. The second-order valence-electron chi connectivity index (χ2n) is 5.12. The zero-order chi connectivity index (χ0) is 13.9. The van der Waals surface area contributed by atoms with E-state index in [1.807, 2.05) is 18.4 Å². The van der Waals surface area contributed by atoms with Crippen molar-refractivity contribution in [2.75, 3.05) is 12.5 Å². The van der Waals surface area contributed by atoms with Gasteiger partial charge in [-0.2, -0.15) is 0 Å². The summed E-state index contributed by atoms with van der Waals surface area (Å²) < 4.78 is 28.8. The molecule has 2 rings (SSSR count). The van der Waals surface area contributed by atoms with Crippen molar-refractivity contribution in [3.63, 3.8) is 0 Å². The van der Waals surface area contributed by atoms with Crippen molar-refractivity contribution in [3.8, 4) is 0 Å². The van der Waals surface area contributed by atoms with Crippen LogP contribution in [0.4, 0.5) is 0 Å². The number of sulfone groups is 1. The molecule has 1 aromatic rings. The Balaban J connectivity index is 1.86. The predicted molar refractivity (Wildman–Crippen MR) is 78.2 cm³/mol. The first-order valence-electron chi connectivity index (χ1n) is 6.54. The maximum Gasteiger partial charge on any atom is 0.160 e. The van der Waals surface area contributed by atoms with E-state index in [1.54, 1.807) is 11.8 Å². The highest BCUT2D eigenvalue weighted by atomic mass is 32.2. The summed E-state index contributed by atoms with van der Waals surface area (Å²) in [6.45, 7) is 0.668. The van der Waals surface area contributed by atoms with Crippen LogP contribution in [0.25, 0.3) is 0 Å². The molecule has 0 aliphatic heterocycles. The van der Waals surface area contributed by atoms with E-state index < -0.39 is 9.84 Å². The number of nitrogens with one attached hydrogen (secondary N) is 1. The van der Waals surface area contributed by atoms with Gasteiger partial charge >= 0.3 is 0 Å². The average molecular weight is 303 g/mol. The fourth-order valence-corrected chi connectivity index (χ4v) is 4.10. The van der Waals surface area contributed by atoms with Gasteiger partial charge in [-0.1, -0.05) is 18.2 Å². The number of hydrogen-bond acceptors (Lipinski definition) is 5. The number of rotatable bonds is 5. The molecule has 0 spiro atoms. The third-order valence-corrected chi connectivity index (χ3v) is 5.90. The monoisotopic (exact) mass is 303 g/mol. The molecule has 2 atom stereocenters. The van der Waals surface area contributed by atoms with Gasteiger partial charge in [0.2, 0.25) is 0 Å². The van der Waals surface area contributed by atoms with Gasteiger partial charge in [0.25, 0.3) is 0 Å². The lowest BCUT2D eigenvalue weighted by molar-refractivity contribution is 0.346. The molecule has 1 saturated carbocycles. The summed E-state index contributed by atoms with van der Waals surface area (Å²) >= 11 is 1.58. The third kappa shape index (κ3) is 4.26. The predicted octanol–water partition coefficient (Wildman–Crippen LogP) is 2.45. The van der Waals surface area contributed by atoms with Crippen LogP contribution in [0.1, 0.15) is 31.4 Å². The lowest BCUT2D eigenvalue weighted by Gasteiger charge is -2.28. The summed E-state index contributed by atoms with van der Waals surface area (Å²) in [5.74, 6) is 0.908. The third-order valence-electron chi connectivity index (χ3n) is 3.63. The molecule has 1 N–H and O–H groups in total. The SMILES string of the molecule is CSc1ccc(CNC2CCCC(S(C)(=O)=O)C2)o1. The first-order chi connectivity index (χ1) is 8.99. The van der Waals surface area contributed by atoms with Gasteiger partial charge in [0.1, 0.15) is 15.6 Å². The minimum Gasteiger partial charge on any atom is -0.454 e. The Bertz CT molecular complexity index is 510. The van der Waals surface area contributed by atoms with Gasteiger partial charge in [0, 0.05) is 12.3 Å². The van der Waals surface area contributed by atoms with E-state index in [2.05, 4.69) is 5.32 Å². The summed E-state index contributed by atoms with van der Waals surface area (Å²) in [4.78, 5) is 0. The Morgan fingerprint density at radius 3 is 2.84 bits per heavy atom. The van der Waals surface area contributed by atoms with Crippen LogP contribution in [-0.4, -0.2) is 32.2 Å². The van der Waals surface area contributed by atoms with Gasteiger partial charge < -0.3 is 9.73 Å². The van der Waals surface area contributed by atoms with E-state index in [-0.39, 0.29) is 11.3 Å². The summed E-state index contributed by atoms with van der Waals surface area (Å²) in [5, 5.41) is 4.14. The maximum atomic E-state index is 11.6. The molecule has 0 saturated heterocycles. The number of thioether (sulfide) groups is 1. The zero-order valence-electron chi connectivity index (χ0n) is 11.4. The van der Waals surface area contributed by atoms with Gasteiger partial charge in [0.05, 0.1) is 11.8 Å². The largest absolute Gasteiger partial charge is 0.454 e. The van der Waals surface area contributed by atoms with Crippen LogP contribution in [0.5, 0.6) is 0 Å². The molecule has 1 aromatic heterocycles. The van der Waals surface area contributed by atoms with E-state index in [9.17, 15) is 8.42 Å². The van der Waals surface area contributed by atoms with Crippen molar-refractivity contribution in [1.29, 1.82) is 0 Å². The molecule has 1 aliphatic carbocycles. The molecule has 0 aromatic carbocycles. The minimum atomic E-state index is -2.91. The molecular weight excluding hydrogens is 282 g/mol. The van der Waals surface area contributed by atoms with Crippen LogP contribution in [0, 0.1) is 0 Å². The smallest absolute Gasteiger partial charge is 0.160 e. The Kier molecular flexibility index (Phi) is 4.97. The number of furan rings is 1. The van der Waals surface area contributed by atoms with Crippen LogP contribution >= 0.6 is 11.8 Å². The van der Waals surface area contributed by atoms with Crippen LogP contribution in [0.15, 0.2) is 21.6 Å². The Labute approximate surface area is 119 Å². The second kappa shape index (κ2) is 6.33. The first-order valence-corrected chi connectivity index (χ1v) is 9.72. The molecule has 1 aliphatic rings. The molecule has 6 heteroatoms. The number of hydrogen-bond donors (Lipinski definition) is 1. The van der Waals surface area contributed by atoms with Crippen LogP contribution < -0.4 is 5.32 Å². The molecule has 2 unspecified atom stereocenters. The van der Waals surface area contributed by atoms with E-state index in [0.717, 1.165) is 36.5 Å². The standard InChI is InChI=1S/C13H21NO3S2/c1-18-13-7-6-11(17-13)9-14-10-4-3-5-12(8-10)19(2,15)16/h6-7,10,12,14H,3-5,8-9H2,1-2H3. The van der Waals surface area contributed by atoms with Gasteiger partial charge in [0.15, 0.2) is 5.09 Å². The second-order valence-corrected chi connectivity index (χ2v) is 8.26. The van der Waals surface area contributed by atoms with Crippen LogP contribution in [0.3, 0.4) is 0 Å². The highest BCUT2D eigenvalue weighted by Gasteiger charge is 2.28. The summed E-state index contributed by atoms with van der Waals surface area (Å²) in [6.07, 6.45) is 6.86. The van der Waals surface area contributed by atoms with Gasteiger partial charge in [-0.25, -0.2) is 8.42 Å². The van der Waals surface area contributed by atoms with E-state index >= 15 is 0 Å². The van der Waals surface area contributed by atoms with Gasteiger partial charge in [-0.15, -0.1) is 0 Å². The first kappa shape index (κ1) is 14.9. The lowest BCUT2D eigenvalue weighted by Crippen LogP contribution is -2.38. The molecule has 1 fully saturated rings. The minimum absolute atomic E-state index is 0.183. The van der Waals surface area contributed by atoms with Crippen molar-refractivity contribution in [1.82, 2.24) is 5.32 Å². The normalized spacial score (nSPS) is 24.5. The molecule has 108 valence electrons. The molecule has 0 amide bonds. The van der Waals surface area contributed by atoms with Crippen molar-refractivity contribution in [2.45, 2.75) is 48.6 Å². The molecule has 19 heavy (non-hydrogen) atoms. The molecule has 0 radical (unpaired) electrons. The molecule has 0 bridgehead atoms. The van der Waals surface area contributed by atoms with E-state index in [1.165, 1.54) is 6.26 Å². The van der Waals surface area contributed by atoms with Crippen LogP contribution in [0.2, 0.25) is 0 Å². The van der Waals surface area contributed by atoms with Crippen molar-refractivity contribution in [3.05, 3.63) is 17.9 Å². The zero-order valence-corrected chi connectivity index (χ0v) is 13.0. The quantitative estimate of drug-likeness (QED) is 0.847. The molecule has 1 heterocycles. The average Bonchev–Trinajstić information content (AvgIpc) is 2.84. The van der Waals surface area contributed by atoms with Crippen molar-refractivity contribution in [2.24, 2.45) is 0 Å². The fourth-order valence-electron chi connectivity index (χ4n) is 2.53. The van der Waals surface area contributed by atoms with E-state index in [4.69, 9.17) is 4.42 Å². The van der Waals surface area contributed by atoms with Crippen molar-refractivity contribution >= 4 is 21.6 Å². The van der Waals surface area contributed by atoms with Crippen molar-refractivity contribution < 1.29 is 12.8 Å². The Hall–Kier alpha value is -0.460. The van der Waals surface area contributed by atoms with E-state index in [0.29, 0.717) is 6.54 Å². The molecule has 4 nitrogen and oxygen atoms in total. The summed E-state index contributed by atoms with van der Waals surface area (Å²) in [6, 6.07) is 4.20. The summed E-state index contributed by atoms with van der Waals surface area (Å²) in [7, 11) is -2.91. The fraction of sp³-hybridized carbons (Fsp3) is 0.692. The van der Waals surface area contributed by atoms with Gasteiger partial charge in [-0.05, 0) is 37.7 Å². The maximum absolute atomic E-state index is 11.6. The summed E-state index contributed by atoms with van der Waals surface area (Å²) in [5.41, 5.74) is 0. The highest BCUT2D eigenvalue weighted by molar-refractivity contribution is 7.98. The van der Waals surface area contributed by atoms with Gasteiger partial charge in [-0.3, -0.25) is 0 Å². The Morgan fingerprint density at radius 2 is 2.21 bits per heavy atom. The topological polar surface area (TPSA) is 59.3 Å². The molecular formula is C13H21NO3S2. The Morgan fingerprint density at radius 1 is 1.42 bits per heavy atom. The van der Waals surface area contributed by atoms with Crippen LogP contribution in [-0.2, 0) is 16.4 Å². The lowest BCUT2D eigenvalue weighted by atomic mass is 9.95.